The van der Waals surface area contributed by atoms with E-state index in [0.717, 1.165) is 32.2 Å². The molecule has 2 amide bonds. The molecule has 0 saturated carbocycles. The number of nitrogens with zero attached hydrogens (tertiary/aromatic N) is 3. The van der Waals surface area contributed by atoms with Crippen LogP contribution in [0.4, 0.5) is 11.4 Å². The van der Waals surface area contributed by atoms with Crippen molar-refractivity contribution in [1.29, 1.82) is 0 Å². The first-order valence-electron chi connectivity index (χ1n) is 12.5. The van der Waals surface area contributed by atoms with Gasteiger partial charge in [0.2, 0.25) is 21.8 Å². The van der Waals surface area contributed by atoms with Crippen molar-refractivity contribution in [3.05, 3.63) is 105 Å². The van der Waals surface area contributed by atoms with Crippen molar-refractivity contribution in [3.8, 4) is 0 Å². The number of halogens is 1. The quantitative estimate of drug-likeness (QED) is 0.235. The summed E-state index contributed by atoms with van der Waals surface area (Å²) in [4.78, 5) is 39.6. The number of nitro groups is 1. The first-order chi connectivity index (χ1) is 18.8. The molecule has 0 saturated heterocycles. The Morgan fingerprint density at radius 2 is 1.62 bits per heavy atom. The SMILES string of the molecule is CC(C)NC(=O)[C@H](Cc1ccccc1)N(Cc1cccc(Br)c1)C(=O)CN(c1cccc([N+](=O)[O-])c1)S(C)(=O)=O. The Kier molecular flexibility index (Phi) is 10.4. The Balaban J connectivity index is 2.07. The Hall–Kier alpha value is -3.77. The van der Waals surface area contributed by atoms with Crippen LogP contribution in [-0.2, 0) is 32.6 Å². The second-order valence-electron chi connectivity index (χ2n) is 9.57. The Labute approximate surface area is 242 Å². The molecule has 0 aliphatic heterocycles. The molecule has 3 aromatic carbocycles. The lowest BCUT2D eigenvalue weighted by Gasteiger charge is -2.34. The van der Waals surface area contributed by atoms with Crippen LogP contribution in [0, 0.1) is 10.1 Å². The van der Waals surface area contributed by atoms with Crippen molar-refractivity contribution in [3.63, 3.8) is 0 Å². The van der Waals surface area contributed by atoms with Crippen molar-refractivity contribution in [1.82, 2.24) is 10.2 Å². The van der Waals surface area contributed by atoms with Gasteiger partial charge in [-0.25, -0.2) is 8.42 Å². The van der Waals surface area contributed by atoms with Crippen LogP contribution in [0.25, 0.3) is 0 Å². The number of hydrogen-bond acceptors (Lipinski definition) is 6. The van der Waals surface area contributed by atoms with Gasteiger partial charge in [-0.15, -0.1) is 0 Å². The highest BCUT2D eigenvalue weighted by Gasteiger charge is 2.33. The minimum Gasteiger partial charge on any atom is -0.352 e. The fraction of sp³-hybridized carbons (Fsp3) is 0.286. The maximum absolute atomic E-state index is 14.0. The van der Waals surface area contributed by atoms with E-state index in [0.29, 0.717) is 0 Å². The van der Waals surface area contributed by atoms with Crippen molar-refractivity contribution >= 4 is 49.1 Å². The van der Waals surface area contributed by atoms with Gasteiger partial charge in [-0.2, -0.15) is 0 Å². The van der Waals surface area contributed by atoms with Crippen LogP contribution in [0.1, 0.15) is 25.0 Å². The zero-order valence-electron chi connectivity index (χ0n) is 22.4. The number of sulfonamides is 1. The molecule has 0 fully saturated rings. The van der Waals surface area contributed by atoms with Gasteiger partial charge < -0.3 is 10.2 Å². The number of rotatable bonds is 12. The second kappa shape index (κ2) is 13.5. The highest BCUT2D eigenvalue weighted by Crippen LogP contribution is 2.24. The molecule has 3 aromatic rings. The maximum Gasteiger partial charge on any atom is 0.271 e. The van der Waals surface area contributed by atoms with Gasteiger partial charge in [-0.1, -0.05) is 64.5 Å². The van der Waals surface area contributed by atoms with E-state index in [1.165, 1.54) is 23.1 Å². The standard InChI is InChI=1S/C28H31BrN4O6S/c1-20(2)30-28(35)26(16-21-9-5-4-6-10-21)31(18-22-11-7-12-23(29)15-22)27(34)19-32(40(3,38)39)24-13-8-14-25(17-24)33(36)37/h4-15,17,20,26H,16,18-19H2,1-3H3,(H,30,35)/t26-/m0/s1. The van der Waals surface area contributed by atoms with E-state index in [1.807, 2.05) is 56.3 Å². The number of non-ortho nitro benzene ring substituents is 1. The van der Waals surface area contributed by atoms with Crippen molar-refractivity contribution in [2.45, 2.75) is 38.9 Å². The van der Waals surface area contributed by atoms with Crippen molar-refractivity contribution in [2.24, 2.45) is 0 Å². The van der Waals surface area contributed by atoms with Gasteiger partial charge in [0.25, 0.3) is 5.69 Å². The normalized spacial score (nSPS) is 12.0. The van der Waals surface area contributed by atoms with E-state index >= 15 is 0 Å². The zero-order valence-corrected chi connectivity index (χ0v) is 24.8. The van der Waals surface area contributed by atoms with E-state index in [2.05, 4.69) is 21.2 Å². The lowest BCUT2D eigenvalue weighted by Crippen LogP contribution is -2.54. The smallest absolute Gasteiger partial charge is 0.271 e. The third-order valence-corrected chi connectivity index (χ3v) is 7.59. The lowest BCUT2D eigenvalue weighted by atomic mass is 10.0. The van der Waals surface area contributed by atoms with Gasteiger partial charge in [-0.05, 0) is 43.2 Å². The number of benzene rings is 3. The average Bonchev–Trinajstić information content (AvgIpc) is 2.88. The van der Waals surface area contributed by atoms with Crippen molar-refractivity contribution in [2.75, 3.05) is 17.1 Å². The number of nitro benzene ring substituents is 1. The van der Waals surface area contributed by atoms with Crippen LogP contribution in [0.15, 0.2) is 83.3 Å². The number of carbonyl (C=O) groups is 2. The third-order valence-electron chi connectivity index (χ3n) is 5.95. The van der Waals surface area contributed by atoms with E-state index in [4.69, 9.17) is 0 Å². The number of carbonyl (C=O) groups excluding carboxylic acids is 2. The molecule has 1 atom stereocenters. The second-order valence-corrected chi connectivity index (χ2v) is 12.4. The molecule has 0 heterocycles. The van der Waals surface area contributed by atoms with E-state index in [-0.39, 0.29) is 36.3 Å². The molecule has 0 spiro atoms. The molecule has 212 valence electrons. The lowest BCUT2D eigenvalue weighted by molar-refractivity contribution is -0.384. The Bertz CT molecular complexity index is 1470. The van der Waals surface area contributed by atoms with Gasteiger partial charge in [0.15, 0.2) is 0 Å². The van der Waals surface area contributed by atoms with E-state index in [1.54, 1.807) is 12.1 Å². The summed E-state index contributed by atoms with van der Waals surface area (Å²) in [5.41, 5.74) is 1.19. The van der Waals surface area contributed by atoms with Gasteiger partial charge in [-0.3, -0.25) is 24.0 Å². The van der Waals surface area contributed by atoms with Crippen LogP contribution in [-0.4, -0.2) is 54.9 Å². The third kappa shape index (κ3) is 8.62. The van der Waals surface area contributed by atoms with Crippen molar-refractivity contribution < 1.29 is 22.9 Å². The highest BCUT2D eigenvalue weighted by molar-refractivity contribution is 9.10. The average molecular weight is 632 g/mol. The zero-order chi connectivity index (χ0) is 29.4. The molecular weight excluding hydrogens is 600 g/mol. The fourth-order valence-corrected chi connectivity index (χ4v) is 5.43. The molecule has 0 radical (unpaired) electrons. The molecule has 10 nitrogen and oxygen atoms in total. The van der Waals surface area contributed by atoms with Crippen LogP contribution in [0.2, 0.25) is 0 Å². The summed E-state index contributed by atoms with van der Waals surface area (Å²) >= 11 is 3.43. The largest absolute Gasteiger partial charge is 0.352 e. The molecule has 1 N–H and O–H groups in total. The predicted molar refractivity (Wildman–Crippen MR) is 157 cm³/mol. The molecule has 3 rings (SSSR count). The number of anilines is 1. The first-order valence-corrected chi connectivity index (χ1v) is 15.1. The van der Waals surface area contributed by atoms with E-state index in [9.17, 15) is 28.1 Å². The molecule has 0 aliphatic rings. The first kappa shape index (κ1) is 30.8. The van der Waals surface area contributed by atoms with Gasteiger partial charge in [0.1, 0.15) is 12.6 Å². The molecule has 0 bridgehead atoms. The Morgan fingerprint density at radius 1 is 0.975 bits per heavy atom. The molecule has 40 heavy (non-hydrogen) atoms. The highest BCUT2D eigenvalue weighted by atomic mass is 79.9. The van der Waals surface area contributed by atoms with Crippen LogP contribution in [0.5, 0.6) is 0 Å². The van der Waals surface area contributed by atoms with Crippen LogP contribution >= 0.6 is 15.9 Å². The fourth-order valence-electron chi connectivity index (χ4n) is 4.14. The summed E-state index contributed by atoms with van der Waals surface area (Å²) in [5.74, 6) is -1.03. The molecule has 0 aliphatic carbocycles. The summed E-state index contributed by atoms with van der Waals surface area (Å²) < 4.78 is 27.2. The van der Waals surface area contributed by atoms with Gasteiger partial charge in [0, 0.05) is 35.6 Å². The van der Waals surface area contributed by atoms with Crippen LogP contribution in [0.3, 0.4) is 0 Å². The summed E-state index contributed by atoms with van der Waals surface area (Å²) in [6.45, 7) is 2.99. The molecular formula is C28H31BrN4O6S. The summed E-state index contributed by atoms with van der Waals surface area (Å²) in [7, 11) is -4.04. The number of amides is 2. The van der Waals surface area contributed by atoms with E-state index < -0.39 is 33.4 Å². The molecule has 0 unspecified atom stereocenters. The predicted octanol–water partition coefficient (Wildman–Crippen LogP) is 4.29. The van der Waals surface area contributed by atoms with Crippen LogP contribution < -0.4 is 9.62 Å². The number of nitrogens with one attached hydrogen (secondary N) is 1. The maximum atomic E-state index is 14.0. The summed E-state index contributed by atoms with van der Waals surface area (Å²) in [6, 6.07) is 20.4. The minimum atomic E-state index is -4.04. The topological polar surface area (TPSA) is 130 Å². The summed E-state index contributed by atoms with van der Waals surface area (Å²) in [6.07, 6.45) is 1.11. The number of hydrogen-bond donors (Lipinski definition) is 1. The monoisotopic (exact) mass is 630 g/mol. The van der Waals surface area contributed by atoms with Gasteiger partial charge in [0.05, 0.1) is 16.9 Å². The van der Waals surface area contributed by atoms with Gasteiger partial charge >= 0.3 is 0 Å². The molecule has 0 aromatic heterocycles. The minimum absolute atomic E-state index is 0.0217. The summed E-state index contributed by atoms with van der Waals surface area (Å²) in [5, 5.41) is 14.2. The molecule has 12 heteroatoms. The Morgan fingerprint density at radius 3 is 2.23 bits per heavy atom.